The van der Waals surface area contributed by atoms with Gasteiger partial charge in [-0.15, -0.1) is 14.8 Å². The summed E-state index contributed by atoms with van der Waals surface area (Å²) in [6.45, 7) is 3.71. The molecule has 2 rings (SSSR count). The molecule has 2 aromatic heterocycles. The molecular weight excluding hydrogens is 176 g/mol. The van der Waals surface area contributed by atoms with Crippen LogP contribution in [-0.4, -0.2) is 19.8 Å². The molecule has 0 saturated heterocycles. The van der Waals surface area contributed by atoms with Crippen LogP contribution in [0.4, 0.5) is 0 Å². The average molecular weight is 183 g/mol. The first-order valence-electron chi connectivity index (χ1n) is 3.53. The Balaban J connectivity index is 2.83. The fourth-order valence-electron chi connectivity index (χ4n) is 1.000. The van der Waals surface area contributed by atoms with Crippen LogP contribution >= 0.6 is 11.6 Å². The third-order valence-corrected chi connectivity index (χ3v) is 1.95. The van der Waals surface area contributed by atoms with E-state index in [2.05, 4.69) is 15.2 Å². The van der Waals surface area contributed by atoms with Crippen molar-refractivity contribution >= 4 is 17.2 Å². The van der Waals surface area contributed by atoms with Gasteiger partial charge in [0.1, 0.15) is 5.82 Å². The lowest BCUT2D eigenvalue weighted by molar-refractivity contribution is 0.784. The van der Waals surface area contributed by atoms with Crippen molar-refractivity contribution in [2.75, 3.05) is 0 Å². The van der Waals surface area contributed by atoms with E-state index in [1.165, 1.54) is 4.63 Å². The van der Waals surface area contributed by atoms with Crippen LogP contribution in [0.3, 0.4) is 0 Å². The molecule has 5 heteroatoms. The van der Waals surface area contributed by atoms with Gasteiger partial charge in [0.05, 0.1) is 0 Å². The number of rotatable bonds is 0. The summed E-state index contributed by atoms with van der Waals surface area (Å²) in [6, 6.07) is 1.86. The lowest BCUT2D eigenvalue weighted by Gasteiger charge is -1.94. The van der Waals surface area contributed by atoms with Crippen LogP contribution in [0.15, 0.2) is 6.07 Å². The molecule has 2 heterocycles. The van der Waals surface area contributed by atoms with E-state index in [1.807, 2.05) is 19.9 Å². The first-order chi connectivity index (χ1) is 5.66. The van der Waals surface area contributed by atoms with E-state index in [4.69, 9.17) is 11.6 Å². The first-order valence-corrected chi connectivity index (χ1v) is 3.91. The molecule has 62 valence electrons. The van der Waals surface area contributed by atoms with Crippen molar-refractivity contribution in [1.29, 1.82) is 0 Å². The van der Waals surface area contributed by atoms with Crippen molar-refractivity contribution in [3.8, 4) is 0 Å². The fraction of sp³-hybridized carbons (Fsp3) is 0.286. The van der Waals surface area contributed by atoms with Gasteiger partial charge >= 0.3 is 0 Å². The molecule has 0 aliphatic carbocycles. The summed E-state index contributed by atoms with van der Waals surface area (Å²) in [6.07, 6.45) is 0. The van der Waals surface area contributed by atoms with Gasteiger partial charge in [0.25, 0.3) is 0 Å². The number of aromatic nitrogens is 4. The molecule has 0 unspecified atom stereocenters. The van der Waals surface area contributed by atoms with Crippen LogP contribution in [0.25, 0.3) is 5.65 Å². The van der Waals surface area contributed by atoms with Crippen molar-refractivity contribution in [1.82, 2.24) is 19.8 Å². The van der Waals surface area contributed by atoms with Gasteiger partial charge in [-0.1, -0.05) is 11.6 Å². The van der Waals surface area contributed by atoms with Crippen molar-refractivity contribution < 1.29 is 0 Å². The van der Waals surface area contributed by atoms with E-state index in [1.54, 1.807) is 0 Å². The van der Waals surface area contributed by atoms with Crippen LogP contribution in [-0.2, 0) is 0 Å². The Kier molecular flexibility index (Phi) is 1.51. The topological polar surface area (TPSA) is 43.1 Å². The zero-order valence-corrected chi connectivity index (χ0v) is 7.50. The second-order valence-corrected chi connectivity index (χ2v) is 2.98. The maximum absolute atomic E-state index is 5.80. The number of hydrogen-bond donors (Lipinski definition) is 0. The summed E-state index contributed by atoms with van der Waals surface area (Å²) >= 11 is 5.80. The summed E-state index contributed by atoms with van der Waals surface area (Å²) < 4.78 is 1.44. The van der Waals surface area contributed by atoms with E-state index in [0.29, 0.717) is 11.0 Å². The highest BCUT2D eigenvalue weighted by atomic mass is 35.5. The van der Waals surface area contributed by atoms with Gasteiger partial charge in [-0.3, -0.25) is 0 Å². The minimum Gasteiger partial charge on any atom is -0.210 e. The summed E-state index contributed by atoms with van der Waals surface area (Å²) in [5.74, 6) is 0.698. The summed E-state index contributed by atoms with van der Waals surface area (Å²) in [7, 11) is 0. The minimum absolute atomic E-state index is 0.465. The smallest absolute Gasteiger partial charge is 0.176 e. The second-order valence-electron chi connectivity index (χ2n) is 2.62. The predicted molar refractivity (Wildman–Crippen MR) is 45.3 cm³/mol. The maximum atomic E-state index is 5.80. The van der Waals surface area contributed by atoms with E-state index in [9.17, 15) is 0 Å². The largest absolute Gasteiger partial charge is 0.210 e. The van der Waals surface area contributed by atoms with Crippen molar-refractivity contribution in [3.63, 3.8) is 0 Å². The van der Waals surface area contributed by atoms with E-state index in [0.717, 1.165) is 11.2 Å². The Morgan fingerprint density at radius 3 is 2.83 bits per heavy atom. The zero-order chi connectivity index (χ0) is 8.72. The number of nitrogens with zero attached hydrogens (tertiary/aromatic N) is 4. The summed E-state index contributed by atoms with van der Waals surface area (Å²) in [5.41, 5.74) is 1.64. The number of hydrogen-bond acceptors (Lipinski definition) is 3. The van der Waals surface area contributed by atoms with Crippen LogP contribution in [0.2, 0.25) is 5.15 Å². The summed E-state index contributed by atoms with van der Waals surface area (Å²) in [4.78, 5) is 4.15. The van der Waals surface area contributed by atoms with Crippen LogP contribution in [0, 0.1) is 13.8 Å². The second kappa shape index (κ2) is 2.42. The van der Waals surface area contributed by atoms with Crippen molar-refractivity contribution in [3.05, 3.63) is 22.6 Å². The lowest BCUT2D eigenvalue weighted by atomic mass is 10.3. The van der Waals surface area contributed by atoms with Crippen molar-refractivity contribution in [2.24, 2.45) is 0 Å². The first kappa shape index (κ1) is 7.49. The Bertz CT molecular complexity index is 395. The lowest BCUT2D eigenvalue weighted by Crippen LogP contribution is -1.95. The van der Waals surface area contributed by atoms with Gasteiger partial charge in [0.15, 0.2) is 10.8 Å². The predicted octanol–water partition coefficient (Wildman–Crippen LogP) is 1.39. The molecule has 0 aliphatic rings. The van der Waals surface area contributed by atoms with Crippen LogP contribution in [0.5, 0.6) is 0 Å². The van der Waals surface area contributed by atoms with Gasteiger partial charge in [-0.2, -0.15) is 0 Å². The molecule has 0 aromatic carbocycles. The molecule has 4 nitrogen and oxygen atoms in total. The molecule has 0 radical (unpaired) electrons. The maximum Gasteiger partial charge on any atom is 0.176 e. The average Bonchev–Trinajstić information content (AvgIpc) is 2.30. The van der Waals surface area contributed by atoms with Gasteiger partial charge in [-0.25, -0.2) is 4.98 Å². The van der Waals surface area contributed by atoms with Crippen LogP contribution in [0.1, 0.15) is 11.4 Å². The molecular formula is C7H7ClN4. The summed E-state index contributed by atoms with van der Waals surface area (Å²) in [5, 5.41) is 8.49. The highest BCUT2D eigenvalue weighted by molar-refractivity contribution is 6.30. The molecule has 12 heavy (non-hydrogen) atoms. The molecule has 0 spiro atoms. The van der Waals surface area contributed by atoms with Gasteiger partial charge in [0, 0.05) is 0 Å². The quantitative estimate of drug-likeness (QED) is 0.619. The third kappa shape index (κ3) is 1.04. The standard InChI is InChI=1S/C7H7ClN4/c1-4-3-6-9-5(2)10-12(6)11-7(4)8/h3H,1-2H3. The zero-order valence-electron chi connectivity index (χ0n) is 6.74. The highest BCUT2D eigenvalue weighted by Gasteiger charge is 2.03. The van der Waals surface area contributed by atoms with Gasteiger partial charge in [0.2, 0.25) is 0 Å². The molecule has 0 aliphatic heterocycles. The molecule has 0 saturated carbocycles. The normalized spacial score (nSPS) is 10.9. The van der Waals surface area contributed by atoms with E-state index in [-0.39, 0.29) is 0 Å². The minimum atomic E-state index is 0.465. The van der Waals surface area contributed by atoms with E-state index < -0.39 is 0 Å². The Morgan fingerprint density at radius 1 is 1.33 bits per heavy atom. The third-order valence-electron chi connectivity index (χ3n) is 1.57. The SMILES string of the molecule is Cc1nc2cc(C)c(Cl)nn2n1. The monoisotopic (exact) mass is 182 g/mol. The number of aryl methyl sites for hydroxylation is 2. The molecule has 0 atom stereocenters. The Morgan fingerprint density at radius 2 is 2.08 bits per heavy atom. The molecule has 0 amide bonds. The van der Waals surface area contributed by atoms with Gasteiger partial charge in [-0.05, 0) is 25.5 Å². The van der Waals surface area contributed by atoms with E-state index >= 15 is 0 Å². The molecule has 0 N–H and O–H groups in total. The molecule has 0 bridgehead atoms. The van der Waals surface area contributed by atoms with Gasteiger partial charge < -0.3 is 0 Å². The van der Waals surface area contributed by atoms with Crippen molar-refractivity contribution in [2.45, 2.75) is 13.8 Å². The molecule has 0 fully saturated rings. The Labute approximate surface area is 74.2 Å². The highest BCUT2D eigenvalue weighted by Crippen LogP contribution is 2.12. The number of halogens is 1. The Hall–Kier alpha value is -1.16. The molecule has 2 aromatic rings. The fourth-order valence-corrected chi connectivity index (χ4v) is 1.13. The number of fused-ring (bicyclic) bond motifs is 1. The van der Waals surface area contributed by atoms with Crippen LogP contribution < -0.4 is 0 Å².